The monoisotopic (exact) mass is 277 g/mol. The van der Waals surface area contributed by atoms with Crippen molar-refractivity contribution in [2.45, 2.75) is 26.3 Å². The van der Waals surface area contributed by atoms with Crippen molar-refractivity contribution in [3.8, 4) is 0 Å². The molecule has 102 valence electrons. The summed E-state index contributed by atoms with van der Waals surface area (Å²) in [5.41, 5.74) is 0.769. The summed E-state index contributed by atoms with van der Waals surface area (Å²) in [5, 5.41) is 3.50. The molecule has 1 aliphatic heterocycles. The molecule has 0 saturated carbocycles. The molecule has 1 aliphatic rings. The molecule has 1 fully saturated rings. The number of thiocarbonyl (C=S) groups is 1. The minimum Gasteiger partial charge on any atom is -0.333 e. The molecular formula is C14H19N3OS. The van der Waals surface area contributed by atoms with E-state index in [0.717, 1.165) is 12.2 Å². The molecule has 1 aromatic rings. The van der Waals surface area contributed by atoms with Crippen molar-refractivity contribution in [2.75, 3.05) is 18.0 Å². The van der Waals surface area contributed by atoms with Gasteiger partial charge in [0.05, 0.1) is 0 Å². The zero-order chi connectivity index (χ0) is 14.0. The van der Waals surface area contributed by atoms with Crippen LogP contribution in [0.4, 0.5) is 10.5 Å². The van der Waals surface area contributed by atoms with E-state index >= 15 is 0 Å². The molecule has 1 N–H and O–H groups in total. The third-order valence-electron chi connectivity index (χ3n) is 2.80. The Balaban J connectivity index is 2.08. The van der Waals surface area contributed by atoms with E-state index in [2.05, 4.69) is 5.32 Å². The average molecular weight is 277 g/mol. The maximum absolute atomic E-state index is 12.1. The number of nitrogens with zero attached hydrogens (tertiary/aromatic N) is 2. The van der Waals surface area contributed by atoms with Crippen LogP contribution in [0.1, 0.15) is 20.8 Å². The maximum atomic E-state index is 12.1. The summed E-state index contributed by atoms with van der Waals surface area (Å²) in [5.74, 6) is 0. The van der Waals surface area contributed by atoms with E-state index in [1.54, 1.807) is 4.90 Å². The predicted molar refractivity (Wildman–Crippen MR) is 81.4 cm³/mol. The molecule has 1 aromatic carbocycles. The van der Waals surface area contributed by atoms with Gasteiger partial charge in [0.2, 0.25) is 0 Å². The molecule has 5 heteroatoms. The number of hydrogen-bond donors (Lipinski definition) is 1. The molecule has 1 heterocycles. The van der Waals surface area contributed by atoms with Crippen molar-refractivity contribution in [1.29, 1.82) is 0 Å². The molecule has 0 unspecified atom stereocenters. The van der Waals surface area contributed by atoms with Crippen LogP contribution in [0.15, 0.2) is 30.3 Å². The predicted octanol–water partition coefficient (Wildman–Crippen LogP) is 2.60. The normalized spacial score (nSPS) is 15.8. The molecule has 2 amide bonds. The SMILES string of the molecule is CC(C)(C)NC(=O)N1CCN(c2ccccc2)C1=S. The first kappa shape index (κ1) is 13.8. The average Bonchev–Trinajstić information content (AvgIpc) is 2.70. The fourth-order valence-electron chi connectivity index (χ4n) is 1.96. The van der Waals surface area contributed by atoms with Gasteiger partial charge in [-0.25, -0.2) is 4.79 Å². The highest BCUT2D eigenvalue weighted by atomic mass is 32.1. The van der Waals surface area contributed by atoms with Gasteiger partial charge in [-0.2, -0.15) is 0 Å². The van der Waals surface area contributed by atoms with Crippen LogP contribution in [0.2, 0.25) is 0 Å². The van der Waals surface area contributed by atoms with E-state index in [1.165, 1.54) is 0 Å². The molecule has 0 aliphatic carbocycles. The minimum atomic E-state index is -0.257. The van der Waals surface area contributed by atoms with E-state index in [0.29, 0.717) is 11.7 Å². The van der Waals surface area contributed by atoms with Gasteiger partial charge in [-0.05, 0) is 45.1 Å². The number of carbonyl (C=O) groups is 1. The maximum Gasteiger partial charge on any atom is 0.324 e. The number of nitrogens with one attached hydrogen (secondary N) is 1. The third kappa shape index (κ3) is 3.23. The molecule has 0 atom stereocenters. The lowest BCUT2D eigenvalue weighted by Crippen LogP contribution is -2.49. The van der Waals surface area contributed by atoms with Crippen molar-refractivity contribution >= 4 is 29.0 Å². The Kier molecular flexibility index (Phi) is 3.75. The Labute approximate surface area is 119 Å². The Bertz CT molecular complexity index is 481. The third-order valence-corrected chi connectivity index (χ3v) is 3.24. The first-order valence-corrected chi connectivity index (χ1v) is 6.75. The lowest BCUT2D eigenvalue weighted by molar-refractivity contribution is 0.215. The first-order valence-electron chi connectivity index (χ1n) is 6.35. The van der Waals surface area contributed by atoms with Crippen LogP contribution in [0, 0.1) is 0 Å². The Morgan fingerprint density at radius 1 is 1.21 bits per heavy atom. The smallest absolute Gasteiger partial charge is 0.324 e. The fraction of sp³-hybridized carbons (Fsp3) is 0.429. The van der Waals surface area contributed by atoms with Crippen LogP contribution < -0.4 is 10.2 Å². The molecule has 19 heavy (non-hydrogen) atoms. The summed E-state index contributed by atoms with van der Waals surface area (Å²) in [6.07, 6.45) is 0. The minimum absolute atomic E-state index is 0.129. The molecule has 4 nitrogen and oxygen atoms in total. The van der Waals surface area contributed by atoms with Crippen LogP contribution in [0.3, 0.4) is 0 Å². The molecule has 0 radical (unpaired) electrons. The fourth-order valence-corrected chi connectivity index (χ4v) is 2.33. The van der Waals surface area contributed by atoms with Gasteiger partial charge in [0.15, 0.2) is 5.11 Å². The summed E-state index contributed by atoms with van der Waals surface area (Å²) >= 11 is 5.40. The van der Waals surface area contributed by atoms with Gasteiger partial charge in [0, 0.05) is 24.3 Å². The van der Waals surface area contributed by atoms with Gasteiger partial charge in [-0.15, -0.1) is 0 Å². The van der Waals surface area contributed by atoms with Gasteiger partial charge in [-0.1, -0.05) is 18.2 Å². The molecule has 0 aromatic heterocycles. The number of urea groups is 1. The lowest BCUT2D eigenvalue weighted by atomic mass is 10.1. The number of rotatable bonds is 1. The first-order chi connectivity index (χ1) is 8.88. The number of hydrogen-bond acceptors (Lipinski definition) is 2. The van der Waals surface area contributed by atoms with E-state index in [4.69, 9.17) is 12.2 Å². The number of carbonyl (C=O) groups excluding carboxylic acids is 1. The Hall–Kier alpha value is -1.62. The van der Waals surface area contributed by atoms with Crippen LogP contribution in [-0.2, 0) is 0 Å². The van der Waals surface area contributed by atoms with Crippen LogP contribution in [-0.4, -0.2) is 34.7 Å². The van der Waals surface area contributed by atoms with Crippen LogP contribution >= 0.6 is 12.2 Å². The van der Waals surface area contributed by atoms with Crippen LogP contribution in [0.5, 0.6) is 0 Å². The van der Waals surface area contributed by atoms with Gasteiger partial charge >= 0.3 is 6.03 Å². The summed E-state index contributed by atoms with van der Waals surface area (Å²) < 4.78 is 0. The second kappa shape index (κ2) is 5.17. The highest BCUT2D eigenvalue weighted by molar-refractivity contribution is 7.80. The van der Waals surface area contributed by atoms with Crippen molar-refractivity contribution < 1.29 is 4.79 Å². The van der Waals surface area contributed by atoms with Crippen molar-refractivity contribution in [2.24, 2.45) is 0 Å². The van der Waals surface area contributed by atoms with E-state index in [-0.39, 0.29) is 11.6 Å². The topological polar surface area (TPSA) is 35.6 Å². The Morgan fingerprint density at radius 2 is 1.84 bits per heavy atom. The van der Waals surface area contributed by atoms with E-state index < -0.39 is 0 Å². The number of anilines is 1. The number of amides is 2. The highest BCUT2D eigenvalue weighted by Gasteiger charge is 2.31. The van der Waals surface area contributed by atoms with Gasteiger partial charge in [0.1, 0.15) is 0 Å². The second-order valence-corrected chi connectivity index (χ2v) is 5.97. The highest BCUT2D eigenvalue weighted by Crippen LogP contribution is 2.20. The standard InChI is InChI=1S/C14H19N3OS/c1-14(2,3)15-12(18)17-10-9-16(13(17)19)11-7-5-4-6-8-11/h4-8H,9-10H2,1-3H3,(H,15,18). The van der Waals surface area contributed by atoms with Gasteiger partial charge in [-0.3, -0.25) is 4.90 Å². The molecule has 0 bridgehead atoms. The quantitative estimate of drug-likeness (QED) is 0.802. The summed E-state index contributed by atoms with van der Waals surface area (Å²) in [7, 11) is 0. The summed E-state index contributed by atoms with van der Waals surface area (Å²) in [6, 6.07) is 9.77. The number of para-hydroxylation sites is 1. The zero-order valence-electron chi connectivity index (χ0n) is 11.5. The molecule has 0 spiro atoms. The second-order valence-electron chi connectivity index (χ2n) is 5.60. The summed E-state index contributed by atoms with van der Waals surface area (Å²) in [6.45, 7) is 7.23. The zero-order valence-corrected chi connectivity index (χ0v) is 12.3. The molecule has 1 saturated heterocycles. The van der Waals surface area contributed by atoms with Crippen molar-refractivity contribution in [1.82, 2.24) is 10.2 Å². The van der Waals surface area contributed by atoms with Crippen molar-refractivity contribution in [3.05, 3.63) is 30.3 Å². The van der Waals surface area contributed by atoms with Crippen LogP contribution in [0.25, 0.3) is 0 Å². The van der Waals surface area contributed by atoms with Gasteiger partial charge < -0.3 is 10.2 Å². The number of benzene rings is 1. The summed E-state index contributed by atoms with van der Waals surface area (Å²) in [4.78, 5) is 15.8. The van der Waals surface area contributed by atoms with Crippen molar-refractivity contribution in [3.63, 3.8) is 0 Å². The van der Waals surface area contributed by atoms with E-state index in [9.17, 15) is 4.79 Å². The Morgan fingerprint density at radius 3 is 2.42 bits per heavy atom. The molecular weight excluding hydrogens is 258 g/mol. The largest absolute Gasteiger partial charge is 0.333 e. The molecule has 2 rings (SSSR count). The lowest BCUT2D eigenvalue weighted by Gasteiger charge is -2.26. The van der Waals surface area contributed by atoms with E-state index in [1.807, 2.05) is 56.0 Å². The van der Waals surface area contributed by atoms with Gasteiger partial charge in [0.25, 0.3) is 0 Å².